The number of aryl methyl sites for hydroxylation is 1. The summed E-state index contributed by atoms with van der Waals surface area (Å²) in [6.07, 6.45) is 1.67. The molecule has 1 aliphatic rings. The third-order valence-corrected chi connectivity index (χ3v) is 7.23. The summed E-state index contributed by atoms with van der Waals surface area (Å²) in [6.45, 7) is 1.02. The van der Waals surface area contributed by atoms with Crippen LogP contribution in [0.2, 0.25) is 5.02 Å². The molecule has 0 amide bonds. The van der Waals surface area contributed by atoms with Gasteiger partial charge < -0.3 is 19.9 Å². The number of ether oxygens (including phenoxy) is 1. The van der Waals surface area contributed by atoms with Crippen molar-refractivity contribution in [3.63, 3.8) is 0 Å². The van der Waals surface area contributed by atoms with E-state index in [9.17, 15) is 13.2 Å². The van der Waals surface area contributed by atoms with Crippen molar-refractivity contribution in [2.75, 3.05) is 30.8 Å². The number of nitriles is 1. The Bertz CT molecular complexity index is 1820. The van der Waals surface area contributed by atoms with E-state index in [2.05, 4.69) is 36.8 Å². The zero-order valence-corrected chi connectivity index (χ0v) is 22.5. The zero-order valence-electron chi connectivity index (χ0n) is 21.7. The topological polar surface area (TPSA) is 121 Å². The summed E-state index contributed by atoms with van der Waals surface area (Å²) in [5, 5.41) is 19.4. The lowest BCUT2D eigenvalue weighted by Crippen LogP contribution is -2.45. The predicted molar refractivity (Wildman–Crippen MR) is 145 cm³/mol. The molecule has 5 heterocycles. The van der Waals surface area contributed by atoms with Gasteiger partial charge >= 0.3 is 6.18 Å². The van der Waals surface area contributed by atoms with E-state index in [1.807, 2.05) is 4.90 Å². The number of nitrogens with zero attached hydrogens (tertiary/aromatic N) is 8. The lowest BCUT2D eigenvalue weighted by molar-refractivity contribution is -0.138. The van der Waals surface area contributed by atoms with Crippen molar-refractivity contribution in [3.05, 3.63) is 59.1 Å². The number of imidazole rings is 1. The number of halogens is 4. The van der Waals surface area contributed by atoms with Crippen molar-refractivity contribution in [2.24, 2.45) is 13.0 Å². The SMILES string of the molecule is CNc1nccn2ncc(Oc3cnc4nc(Nc5ccc(CN6CC(C#N)C6)c(C(F)(F)F)c5)n(C)c4c3Cl)c12. The van der Waals surface area contributed by atoms with Crippen LogP contribution in [-0.4, -0.2) is 54.2 Å². The van der Waals surface area contributed by atoms with Crippen LogP contribution in [0, 0.1) is 17.2 Å². The summed E-state index contributed by atoms with van der Waals surface area (Å²) in [5.41, 5.74) is 0.887. The van der Waals surface area contributed by atoms with Gasteiger partial charge in [0.15, 0.2) is 28.5 Å². The summed E-state index contributed by atoms with van der Waals surface area (Å²) in [4.78, 5) is 14.9. The molecule has 0 radical (unpaired) electrons. The number of rotatable bonds is 7. The number of alkyl halides is 3. The molecule has 4 aromatic heterocycles. The average Bonchev–Trinajstić information content (AvgIpc) is 3.48. The van der Waals surface area contributed by atoms with E-state index in [4.69, 9.17) is 21.6 Å². The van der Waals surface area contributed by atoms with Crippen LogP contribution in [0.5, 0.6) is 11.5 Å². The Morgan fingerprint density at radius 2 is 1.98 bits per heavy atom. The molecule has 0 spiro atoms. The fourth-order valence-electron chi connectivity index (χ4n) is 4.80. The van der Waals surface area contributed by atoms with Crippen molar-refractivity contribution >= 4 is 45.7 Å². The minimum Gasteiger partial charge on any atom is -0.450 e. The van der Waals surface area contributed by atoms with E-state index in [-0.39, 0.29) is 46.1 Å². The number of likely N-dealkylation sites (tertiary alicyclic amines) is 1. The molecule has 11 nitrogen and oxygen atoms in total. The van der Waals surface area contributed by atoms with Crippen LogP contribution in [0.4, 0.5) is 30.6 Å². The number of nitrogens with one attached hydrogen (secondary N) is 2. The molecule has 210 valence electrons. The highest BCUT2D eigenvalue weighted by molar-refractivity contribution is 6.36. The first-order valence-electron chi connectivity index (χ1n) is 12.4. The van der Waals surface area contributed by atoms with Gasteiger partial charge in [-0.2, -0.15) is 28.5 Å². The lowest BCUT2D eigenvalue weighted by atomic mass is 9.99. The van der Waals surface area contributed by atoms with Crippen LogP contribution >= 0.6 is 11.6 Å². The van der Waals surface area contributed by atoms with E-state index in [1.165, 1.54) is 18.5 Å². The molecular formula is C26H22ClF3N10O. The highest BCUT2D eigenvalue weighted by Gasteiger charge is 2.35. The molecule has 0 saturated carbocycles. The van der Waals surface area contributed by atoms with Crippen LogP contribution in [0.25, 0.3) is 16.7 Å². The molecular weight excluding hydrogens is 561 g/mol. The molecule has 0 unspecified atom stereocenters. The van der Waals surface area contributed by atoms with Gasteiger partial charge in [-0.25, -0.2) is 14.5 Å². The molecule has 41 heavy (non-hydrogen) atoms. The first kappa shape index (κ1) is 26.6. The van der Waals surface area contributed by atoms with E-state index >= 15 is 0 Å². The van der Waals surface area contributed by atoms with Crippen molar-refractivity contribution in [3.8, 4) is 17.6 Å². The Morgan fingerprint density at radius 1 is 1.17 bits per heavy atom. The van der Waals surface area contributed by atoms with Gasteiger partial charge in [0.2, 0.25) is 5.95 Å². The van der Waals surface area contributed by atoms with Crippen LogP contribution < -0.4 is 15.4 Å². The molecule has 1 aromatic carbocycles. The van der Waals surface area contributed by atoms with E-state index in [0.717, 1.165) is 6.07 Å². The summed E-state index contributed by atoms with van der Waals surface area (Å²) in [7, 11) is 3.40. The van der Waals surface area contributed by atoms with Gasteiger partial charge in [-0.05, 0) is 17.7 Å². The Kier molecular flexibility index (Phi) is 6.55. The molecule has 1 aliphatic heterocycles. The number of anilines is 3. The minimum absolute atomic E-state index is 0.112. The van der Waals surface area contributed by atoms with E-state index in [1.54, 1.807) is 41.6 Å². The number of pyridine rings is 1. The Hall–Kier alpha value is -4.61. The highest BCUT2D eigenvalue weighted by Crippen LogP contribution is 2.39. The molecule has 2 N–H and O–H groups in total. The standard InChI is InChI=1S/C26H22ClF3N10O/c1-32-23-21-19(10-35-40(21)6-5-33-23)41-18-9-34-24-22(20(18)27)38(2)25(37-24)36-16-4-3-15(17(7-16)26(28,29)30)13-39-11-14(8-31)12-39/h3-7,9-10,14H,11-13H2,1-2H3,(H,32,33)(H,34,36,37). The molecule has 1 fully saturated rings. The van der Waals surface area contributed by atoms with Gasteiger partial charge in [-0.3, -0.25) is 4.90 Å². The van der Waals surface area contributed by atoms with Gasteiger partial charge in [-0.1, -0.05) is 17.7 Å². The third kappa shape index (κ3) is 4.83. The van der Waals surface area contributed by atoms with E-state index < -0.39 is 11.7 Å². The van der Waals surface area contributed by atoms with Gasteiger partial charge in [-0.15, -0.1) is 0 Å². The maximum absolute atomic E-state index is 14.0. The largest absolute Gasteiger partial charge is 0.450 e. The summed E-state index contributed by atoms with van der Waals surface area (Å²) < 4.78 is 51.1. The minimum atomic E-state index is -4.56. The van der Waals surface area contributed by atoms with Crippen LogP contribution in [0.15, 0.2) is 43.0 Å². The lowest BCUT2D eigenvalue weighted by Gasteiger charge is -2.35. The van der Waals surface area contributed by atoms with Crippen molar-refractivity contribution < 1.29 is 17.9 Å². The maximum Gasteiger partial charge on any atom is 0.416 e. The summed E-state index contributed by atoms with van der Waals surface area (Å²) in [6, 6.07) is 6.19. The average molecular weight is 583 g/mol. The molecule has 1 saturated heterocycles. The molecule has 0 bridgehead atoms. The second kappa shape index (κ2) is 10.1. The smallest absolute Gasteiger partial charge is 0.416 e. The predicted octanol–water partition coefficient (Wildman–Crippen LogP) is 5.22. The third-order valence-electron chi connectivity index (χ3n) is 6.86. The molecule has 0 atom stereocenters. The zero-order chi connectivity index (χ0) is 28.9. The number of fused-ring (bicyclic) bond motifs is 2. The van der Waals surface area contributed by atoms with Crippen LogP contribution in [0.3, 0.4) is 0 Å². The Balaban J connectivity index is 1.29. The van der Waals surface area contributed by atoms with Crippen LogP contribution in [0.1, 0.15) is 11.1 Å². The van der Waals surface area contributed by atoms with Gasteiger partial charge in [0, 0.05) is 51.8 Å². The Morgan fingerprint density at radius 3 is 2.71 bits per heavy atom. The molecule has 5 aromatic rings. The fourth-order valence-corrected chi connectivity index (χ4v) is 5.09. The van der Waals surface area contributed by atoms with Gasteiger partial charge in [0.25, 0.3) is 0 Å². The first-order valence-corrected chi connectivity index (χ1v) is 12.8. The molecule has 6 rings (SSSR count). The Labute approximate surface area is 236 Å². The number of benzene rings is 1. The molecule has 15 heteroatoms. The van der Waals surface area contributed by atoms with Crippen molar-refractivity contribution in [1.29, 1.82) is 5.26 Å². The summed E-state index contributed by atoms with van der Waals surface area (Å²) >= 11 is 6.71. The van der Waals surface area contributed by atoms with Crippen molar-refractivity contribution in [1.82, 2.24) is 34.0 Å². The normalized spacial score (nSPS) is 14.3. The second-order valence-corrected chi connectivity index (χ2v) is 9.93. The second-order valence-electron chi connectivity index (χ2n) is 9.55. The maximum atomic E-state index is 14.0. The molecule has 0 aliphatic carbocycles. The van der Waals surface area contributed by atoms with Crippen LogP contribution in [-0.2, 0) is 19.8 Å². The van der Waals surface area contributed by atoms with E-state index in [0.29, 0.717) is 35.7 Å². The highest BCUT2D eigenvalue weighted by atomic mass is 35.5. The quantitative estimate of drug-likeness (QED) is 0.266. The van der Waals surface area contributed by atoms with Crippen molar-refractivity contribution in [2.45, 2.75) is 12.7 Å². The first-order chi connectivity index (χ1) is 19.7. The van der Waals surface area contributed by atoms with Gasteiger partial charge in [0.05, 0.1) is 29.9 Å². The monoisotopic (exact) mass is 582 g/mol. The number of aromatic nitrogens is 6. The number of hydrogen-bond donors (Lipinski definition) is 2. The number of hydrogen-bond acceptors (Lipinski definition) is 9. The summed E-state index contributed by atoms with van der Waals surface area (Å²) in [5.74, 6) is 1.29. The van der Waals surface area contributed by atoms with Gasteiger partial charge in [0.1, 0.15) is 10.5 Å². The fraction of sp³-hybridized carbons (Fsp3) is 0.269.